The van der Waals surface area contributed by atoms with E-state index in [0.717, 1.165) is 6.61 Å². The molecule has 0 aromatic heterocycles. The minimum absolute atomic E-state index is 0.332. The Hall–Kier alpha value is -0.860. The summed E-state index contributed by atoms with van der Waals surface area (Å²) in [4.78, 5) is 1.83. The third-order valence-electron chi connectivity index (χ3n) is 6.15. The number of benzene rings is 1. The van der Waals surface area contributed by atoms with Crippen LogP contribution < -0.4 is 4.90 Å². The first-order valence-corrected chi connectivity index (χ1v) is 9.70. The van der Waals surface area contributed by atoms with Gasteiger partial charge in [0.05, 0.1) is 25.7 Å². The Morgan fingerprint density at radius 2 is 1.87 bits per heavy atom. The highest BCUT2D eigenvalue weighted by Crippen LogP contribution is 2.41. The molecule has 2 saturated heterocycles. The minimum Gasteiger partial charge on any atom is -0.378 e. The topological polar surface area (TPSA) is 13.7 Å². The molecular weight excluding hydrogens is 282 g/mol. The van der Waals surface area contributed by atoms with Gasteiger partial charge in [-0.2, -0.15) is 0 Å². The van der Waals surface area contributed by atoms with Crippen molar-refractivity contribution in [3.63, 3.8) is 0 Å². The summed E-state index contributed by atoms with van der Waals surface area (Å²) in [5.74, 6) is 0.612. The van der Waals surface area contributed by atoms with Crippen LogP contribution in [0.3, 0.4) is 0 Å². The molecule has 2 aliphatic heterocycles. The zero-order chi connectivity index (χ0) is 16.1. The molecule has 0 spiro atoms. The standard InChI is InChI=1S/C21H33NO/c1-18(2)20-17-21(12-16-23-20,19-9-5-3-6-10-19)11-15-22-13-7-4-8-14-22/h3,5-6,9-10,18,20H,4,7-8,11-17H2,1-2H3/p+1/t20-,21-/m1/s1. The lowest BCUT2D eigenvalue weighted by Gasteiger charge is -2.43. The van der Waals surface area contributed by atoms with Crippen LogP contribution in [0, 0.1) is 5.92 Å². The molecular formula is C21H34NO+. The largest absolute Gasteiger partial charge is 0.378 e. The summed E-state index contributed by atoms with van der Waals surface area (Å²) >= 11 is 0. The van der Waals surface area contributed by atoms with Crippen molar-refractivity contribution in [2.75, 3.05) is 26.2 Å². The van der Waals surface area contributed by atoms with Crippen molar-refractivity contribution < 1.29 is 9.64 Å². The van der Waals surface area contributed by atoms with Gasteiger partial charge in [-0.25, -0.2) is 0 Å². The Morgan fingerprint density at radius 3 is 2.57 bits per heavy atom. The molecule has 1 N–H and O–H groups in total. The Balaban J connectivity index is 1.75. The maximum absolute atomic E-state index is 6.10. The van der Waals surface area contributed by atoms with Crippen LogP contribution in [-0.2, 0) is 10.2 Å². The lowest BCUT2D eigenvalue weighted by molar-refractivity contribution is -0.905. The highest BCUT2D eigenvalue weighted by molar-refractivity contribution is 5.26. The van der Waals surface area contributed by atoms with Crippen LogP contribution in [0.1, 0.15) is 57.9 Å². The van der Waals surface area contributed by atoms with Gasteiger partial charge >= 0.3 is 0 Å². The number of quaternary nitrogens is 1. The van der Waals surface area contributed by atoms with Crippen LogP contribution in [0.4, 0.5) is 0 Å². The van der Waals surface area contributed by atoms with Crippen molar-refractivity contribution in [3.05, 3.63) is 35.9 Å². The number of likely N-dealkylation sites (tertiary alicyclic amines) is 1. The fraction of sp³-hybridized carbons (Fsp3) is 0.714. The molecule has 0 radical (unpaired) electrons. The summed E-state index contributed by atoms with van der Waals surface area (Å²) in [5.41, 5.74) is 1.88. The summed E-state index contributed by atoms with van der Waals surface area (Å²) in [7, 11) is 0. The van der Waals surface area contributed by atoms with Gasteiger partial charge in [-0.15, -0.1) is 0 Å². The van der Waals surface area contributed by atoms with Crippen molar-refractivity contribution in [2.24, 2.45) is 5.92 Å². The van der Waals surface area contributed by atoms with Crippen molar-refractivity contribution in [3.8, 4) is 0 Å². The Labute approximate surface area is 142 Å². The predicted octanol–water partition coefficient (Wildman–Crippen LogP) is 3.22. The van der Waals surface area contributed by atoms with Gasteiger partial charge < -0.3 is 9.64 Å². The van der Waals surface area contributed by atoms with E-state index in [-0.39, 0.29) is 0 Å². The molecule has 3 rings (SSSR count). The average Bonchev–Trinajstić information content (AvgIpc) is 2.62. The zero-order valence-corrected chi connectivity index (χ0v) is 15.0. The van der Waals surface area contributed by atoms with Gasteiger partial charge in [-0.1, -0.05) is 44.2 Å². The normalized spacial score (nSPS) is 29.8. The van der Waals surface area contributed by atoms with Gasteiger partial charge in [0.25, 0.3) is 0 Å². The second kappa shape index (κ2) is 7.81. The number of nitrogens with one attached hydrogen (secondary N) is 1. The third-order valence-corrected chi connectivity index (χ3v) is 6.15. The Bertz CT molecular complexity index is 466. The molecule has 0 aliphatic carbocycles. The van der Waals surface area contributed by atoms with E-state index < -0.39 is 0 Å². The van der Waals surface area contributed by atoms with Gasteiger partial charge in [0.2, 0.25) is 0 Å². The zero-order valence-electron chi connectivity index (χ0n) is 15.0. The number of piperidine rings is 1. The van der Waals surface area contributed by atoms with Crippen LogP contribution in [0.25, 0.3) is 0 Å². The molecule has 0 amide bonds. The quantitative estimate of drug-likeness (QED) is 0.880. The molecule has 0 saturated carbocycles. The molecule has 23 heavy (non-hydrogen) atoms. The fourth-order valence-electron chi connectivity index (χ4n) is 4.52. The van der Waals surface area contributed by atoms with Crippen molar-refractivity contribution in [2.45, 2.75) is 63.9 Å². The van der Waals surface area contributed by atoms with E-state index in [0.29, 0.717) is 17.4 Å². The molecule has 0 bridgehead atoms. The maximum atomic E-state index is 6.10. The first kappa shape index (κ1) is 17.0. The fourth-order valence-corrected chi connectivity index (χ4v) is 4.52. The summed E-state index contributed by atoms with van der Waals surface area (Å²) < 4.78 is 6.10. The Kier molecular flexibility index (Phi) is 5.76. The SMILES string of the molecule is CC(C)[C@H]1C[C@](CC[NH+]2CCCCC2)(c2ccccc2)CCO1. The van der Waals surface area contributed by atoms with E-state index in [1.54, 1.807) is 5.56 Å². The summed E-state index contributed by atoms with van der Waals surface area (Å²) in [6.07, 6.45) is 8.40. The minimum atomic E-state index is 0.332. The molecule has 0 unspecified atom stereocenters. The van der Waals surface area contributed by atoms with Gasteiger partial charge in [0, 0.05) is 18.4 Å². The van der Waals surface area contributed by atoms with E-state index >= 15 is 0 Å². The monoisotopic (exact) mass is 316 g/mol. The van der Waals surface area contributed by atoms with Gasteiger partial charge in [0.15, 0.2) is 0 Å². The van der Waals surface area contributed by atoms with Crippen LogP contribution in [0.5, 0.6) is 0 Å². The first-order chi connectivity index (χ1) is 11.2. The van der Waals surface area contributed by atoms with Crippen LogP contribution in [0.2, 0.25) is 0 Å². The first-order valence-electron chi connectivity index (χ1n) is 9.70. The molecule has 2 nitrogen and oxygen atoms in total. The van der Waals surface area contributed by atoms with Gasteiger partial charge in [-0.3, -0.25) is 0 Å². The van der Waals surface area contributed by atoms with Crippen LogP contribution in [-0.4, -0.2) is 32.3 Å². The Morgan fingerprint density at radius 1 is 1.13 bits per heavy atom. The second-order valence-corrected chi connectivity index (χ2v) is 8.06. The number of rotatable bonds is 5. The summed E-state index contributed by atoms with van der Waals surface area (Å²) in [6, 6.07) is 11.3. The summed E-state index contributed by atoms with van der Waals surface area (Å²) in [5, 5.41) is 0. The van der Waals surface area contributed by atoms with Crippen molar-refractivity contribution in [1.82, 2.24) is 0 Å². The average molecular weight is 317 g/mol. The molecule has 2 fully saturated rings. The van der Waals surface area contributed by atoms with Gasteiger partial charge in [-0.05, 0) is 43.6 Å². The van der Waals surface area contributed by atoms with E-state index in [1.165, 1.54) is 58.2 Å². The molecule has 2 aliphatic rings. The smallest absolute Gasteiger partial charge is 0.0779 e. The van der Waals surface area contributed by atoms with E-state index in [1.807, 2.05) is 4.90 Å². The maximum Gasteiger partial charge on any atom is 0.0779 e. The van der Waals surface area contributed by atoms with E-state index in [4.69, 9.17) is 4.74 Å². The number of hydrogen-bond acceptors (Lipinski definition) is 1. The number of ether oxygens (including phenoxy) is 1. The predicted molar refractivity (Wildman–Crippen MR) is 96.0 cm³/mol. The molecule has 2 heterocycles. The summed E-state index contributed by atoms with van der Waals surface area (Å²) in [6.45, 7) is 9.64. The molecule has 128 valence electrons. The highest BCUT2D eigenvalue weighted by atomic mass is 16.5. The molecule has 2 heteroatoms. The highest BCUT2D eigenvalue weighted by Gasteiger charge is 2.40. The van der Waals surface area contributed by atoms with Crippen LogP contribution in [0.15, 0.2) is 30.3 Å². The third kappa shape index (κ3) is 4.16. The van der Waals surface area contributed by atoms with Crippen molar-refractivity contribution >= 4 is 0 Å². The van der Waals surface area contributed by atoms with E-state index in [9.17, 15) is 0 Å². The number of hydrogen-bond donors (Lipinski definition) is 1. The van der Waals surface area contributed by atoms with E-state index in [2.05, 4.69) is 44.2 Å². The molecule has 1 aromatic carbocycles. The second-order valence-electron chi connectivity index (χ2n) is 8.06. The van der Waals surface area contributed by atoms with Crippen LogP contribution >= 0.6 is 0 Å². The van der Waals surface area contributed by atoms with Crippen molar-refractivity contribution in [1.29, 1.82) is 0 Å². The lowest BCUT2D eigenvalue weighted by atomic mass is 9.68. The lowest BCUT2D eigenvalue weighted by Crippen LogP contribution is -3.13. The molecule has 2 atom stereocenters. The van der Waals surface area contributed by atoms with Gasteiger partial charge in [0.1, 0.15) is 0 Å². The molecule has 1 aromatic rings.